The molecule has 0 saturated heterocycles. The van der Waals surface area contributed by atoms with E-state index in [2.05, 4.69) is 16.0 Å². The molecule has 0 aromatic heterocycles. The number of amides is 1. The first kappa shape index (κ1) is 20.7. The van der Waals surface area contributed by atoms with Crippen molar-refractivity contribution in [3.8, 4) is 11.5 Å². The highest BCUT2D eigenvalue weighted by molar-refractivity contribution is 7.80. The Morgan fingerprint density at radius 2 is 1.79 bits per heavy atom. The van der Waals surface area contributed by atoms with Crippen LogP contribution in [-0.2, 0) is 4.79 Å². The van der Waals surface area contributed by atoms with Crippen LogP contribution < -0.4 is 25.4 Å². The maximum absolute atomic E-state index is 13.3. The normalized spacial score (nSPS) is 16.0. The van der Waals surface area contributed by atoms with Crippen LogP contribution in [0.25, 0.3) is 0 Å². The van der Waals surface area contributed by atoms with Crippen LogP contribution in [0.3, 0.4) is 0 Å². The molecule has 2 aromatic carbocycles. The zero-order valence-corrected chi connectivity index (χ0v) is 18.0. The van der Waals surface area contributed by atoms with Gasteiger partial charge in [-0.3, -0.25) is 4.79 Å². The van der Waals surface area contributed by atoms with E-state index in [1.165, 1.54) is 0 Å². The van der Waals surface area contributed by atoms with Gasteiger partial charge in [0.2, 0.25) is 0 Å². The maximum Gasteiger partial charge on any atom is 0.255 e. The van der Waals surface area contributed by atoms with Gasteiger partial charge < -0.3 is 25.4 Å². The van der Waals surface area contributed by atoms with Gasteiger partial charge in [0.05, 0.1) is 25.8 Å². The Morgan fingerprint density at radius 3 is 2.48 bits per heavy atom. The van der Waals surface area contributed by atoms with Gasteiger partial charge in [-0.1, -0.05) is 24.3 Å². The number of rotatable bonds is 5. The lowest BCUT2D eigenvalue weighted by atomic mass is 9.93. The minimum Gasteiger partial charge on any atom is -0.493 e. The average Bonchev–Trinajstić information content (AvgIpc) is 2.69. The molecule has 0 bridgehead atoms. The molecule has 1 unspecified atom stereocenters. The van der Waals surface area contributed by atoms with Gasteiger partial charge in [0, 0.05) is 16.9 Å². The van der Waals surface area contributed by atoms with E-state index in [0.717, 1.165) is 22.4 Å². The van der Waals surface area contributed by atoms with E-state index in [1.807, 2.05) is 57.2 Å². The first-order valence-electron chi connectivity index (χ1n) is 9.24. The first-order chi connectivity index (χ1) is 13.9. The number of anilines is 1. The quantitative estimate of drug-likeness (QED) is 0.651. The molecule has 6 nitrogen and oxygen atoms in total. The van der Waals surface area contributed by atoms with Gasteiger partial charge >= 0.3 is 0 Å². The van der Waals surface area contributed by atoms with Crippen LogP contribution in [0.15, 0.2) is 47.7 Å². The summed E-state index contributed by atoms with van der Waals surface area (Å²) in [5.74, 6) is 0.929. The Labute approximate surface area is 176 Å². The van der Waals surface area contributed by atoms with Crippen molar-refractivity contribution in [2.24, 2.45) is 0 Å². The van der Waals surface area contributed by atoms with Gasteiger partial charge in [-0.2, -0.15) is 0 Å². The minimum absolute atomic E-state index is 0.214. The Morgan fingerprint density at radius 1 is 1.07 bits per heavy atom. The van der Waals surface area contributed by atoms with E-state index < -0.39 is 6.04 Å². The average molecular weight is 412 g/mol. The zero-order valence-electron chi connectivity index (χ0n) is 17.2. The molecule has 1 heterocycles. The van der Waals surface area contributed by atoms with Gasteiger partial charge in [-0.25, -0.2) is 0 Å². The Bertz CT molecular complexity index is 1000. The van der Waals surface area contributed by atoms with Gasteiger partial charge in [0.25, 0.3) is 5.91 Å². The third-order valence-electron chi connectivity index (χ3n) is 5.11. The number of methoxy groups -OCH3 is 2. The van der Waals surface area contributed by atoms with Crippen LogP contribution in [0, 0.1) is 13.8 Å². The molecule has 1 aliphatic rings. The van der Waals surface area contributed by atoms with Gasteiger partial charge in [-0.05, 0) is 56.2 Å². The summed E-state index contributed by atoms with van der Waals surface area (Å²) in [4.78, 5) is 13.3. The van der Waals surface area contributed by atoms with Gasteiger partial charge in [-0.15, -0.1) is 0 Å². The highest BCUT2D eigenvalue weighted by atomic mass is 32.1. The fraction of sp³-hybridized carbons (Fsp3) is 0.273. The Balaban J connectivity index is 2.05. The molecule has 3 rings (SSSR count). The fourth-order valence-corrected chi connectivity index (χ4v) is 3.71. The van der Waals surface area contributed by atoms with Crippen molar-refractivity contribution in [2.45, 2.75) is 26.8 Å². The van der Waals surface area contributed by atoms with Crippen molar-refractivity contribution in [1.29, 1.82) is 0 Å². The van der Waals surface area contributed by atoms with Crippen molar-refractivity contribution in [3.63, 3.8) is 0 Å². The number of carbonyl (C=O) groups is 1. The molecule has 0 radical (unpaired) electrons. The lowest BCUT2D eigenvalue weighted by Gasteiger charge is -2.31. The van der Waals surface area contributed by atoms with Crippen LogP contribution in [0.4, 0.5) is 5.69 Å². The molecule has 2 aromatic rings. The number of thiocarbonyl (C=S) groups is 1. The molecular formula is C22H25N3O3S. The van der Waals surface area contributed by atoms with Crippen molar-refractivity contribution < 1.29 is 14.3 Å². The van der Waals surface area contributed by atoms with E-state index in [-0.39, 0.29) is 5.91 Å². The summed E-state index contributed by atoms with van der Waals surface area (Å²) in [7, 11) is 3.16. The number of allylic oxidation sites excluding steroid dienone is 1. The summed E-state index contributed by atoms with van der Waals surface area (Å²) in [5, 5.41) is 9.74. The lowest BCUT2D eigenvalue weighted by Crippen LogP contribution is -2.45. The van der Waals surface area contributed by atoms with Crippen molar-refractivity contribution in [1.82, 2.24) is 10.6 Å². The minimum atomic E-state index is -0.487. The number of nitrogens with one attached hydrogen (secondary N) is 3. The molecular weight excluding hydrogens is 386 g/mol. The largest absolute Gasteiger partial charge is 0.493 e. The van der Waals surface area contributed by atoms with Crippen LogP contribution in [0.5, 0.6) is 11.5 Å². The number of hydrogen-bond donors (Lipinski definition) is 3. The number of carbonyl (C=O) groups excluding carboxylic acids is 1. The van der Waals surface area contributed by atoms with Crippen molar-refractivity contribution in [2.75, 3.05) is 19.5 Å². The van der Waals surface area contributed by atoms with Crippen LogP contribution in [0.1, 0.15) is 29.7 Å². The standard InChI is InChI=1S/C22H25N3O3S/c1-12-8-6-10-16(13(12)2)24-21(26)18-14(3)23-22(29)25-19(18)15-9-7-11-17(27-4)20(15)28-5/h6-11,19H,1-5H3,(H,24,26)(H2,23,25,29). The Hall–Kier alpha value is -3.06. The van der Waals surface area contributed by atoms with Gasteiger partial charge in [0.1, 0.15) is 0 Å². The summed E-state index contributed by atoms with van der Waals surface area (Å²) in [6, 6.07) is 10.9. The van der Waals surface area contributed by atoms with E-state index in [0.29, 0.717) is 27.9 Å². The molecule has 0 aliphatic carbocycles. The molecule has 0 spiro atoms. The topological polar surface area (TPSA) is 71.6 Å². The predicted octanol–water partition coefficient (Wildman–Crippen LogP) is 3.75. The number of para-hydroxylation sites is 1. The van der Waals surface area contributed by atoms with Crippen molar-refractivity contribution in [3.05, 3.63) is 64.4 Å². The predicted molar refractivity (Wildman–Crippen MR) is 118 cm³/mol. The summed E-state index contributed by atoms with van der Waals surface area (Å²) < 4.78 is 11.0. The first-order valence-corrected chi connectivity index (χ1v) is 9.65. The molecule has 1 amide bonds. The smallest absolute Gasteiger partial charge is 0.255 e. The monoisotopic (exact) mass is 411 g/mol. The summed E-state index contributed by atoms with van der Waals surface area (Å²) in [6.07, 6.45) is 0. The van der Waals surface area contributed by atoms with Crippen LogP contribution >= 0.6 is 12.2 Å². The zero-order chi connectivity index (χ0) is 21.1. The summed E-state index contributed by atoms with van der Waals surface area (Å²) in [5.41, 5.74) is 4.90. The van der Waals surface area contributed by atoms with E-state index in [9.17, 15) is 4.79 Å². The second-order valence-corrected chi connectivity index (χ2v) is 7.26. The maximum atomic E-state index is 13.3. The van der Waals surface area contributed by atoms with E-state index in [1.54, 1.807) is 14.2 Å². The second kappa shape index (κ2) is 8.53. The van der Waals surface area contributed by atoms with Gasteiger partial charge in [0.15, 0.2) is 16.6 Å². The van der Waals surface area contributed by atoms with E-state index in [4.69, 9.17) is 21.7 Å². The number of hydrogen-bond acceptors (Lipinski definition) is 4. The number of aryl methyl sites for hydroxylation is 1. The molecule has 0 saturated carbocycles. The fourth-order valence-electron chi connectivity index (χ4n) is 3.44. The SMILES string of the molecule is COc1cccc(C2NC(=S)NC(C)=C2C(=O)Nc2cccc(C)c2C)c1OC. The molecule has 3 N–H and O–H groups in total. The molecule has 1 aliphatic heterocycles. The lowest BCUT2D eigenvalue weighted by molar-refractivity contribution is -0.113. The highest BCUT2D eigenvalue weighted by Crippen LogP contribution is 2.39. The third kappa shape index (κ3) is 4.05. The molecule has 0 fully saturated rings. The number of benzene rings is 2. The molecule has 29 heavy (non-hydrogen) atoms. The molecule has 152 valence electrons. The second-order valence-electron chi connectivity index (χ2n) is 6.85. The summed E-state index contributed by atoms with van der Waals surface area (Å²) in [6.45, 7) is 5.84. The number of ether oxygens (including phenoxy) is 2. The van der Waals surface area contributed by atoms with Crippen LogP contribution in [0.2, 0.25) is 0 Å². The third-order valence-corrected chi connectivity index (χ3v) is 5.33. The molecule has 1 atom stereocenters. The molecule has 7 heteroatoms. The van der Waals surface area contributed by atoms with E-state index >= 15 is 0 Å². The van der Waals surface area contributed by atoms with Crippen molar-refractivity contribution >= 4 is 28.9 Å². The van der Waals surface area contributed by atoms with Crippen LogP contribution in [-0.4, -0.2) is 25.2 Å². The Kier molecular flexibility index (Phi) is 6.08. The summed E-state index contributed by atoms with van der Waals surface area (Å²) >= 11 is 5.35. The highest BCUT2D eigenvalue weighted by Gasteiger charge is 2.32.